The van der Waals surface area contributed by atoms with Gasteiger partial charge in [0.2, 0.25) is 17.6 Å². The van der Waals surface area contributed by atoms with E-state index >= 15 is 0 Å². The Kier molecular flexibility index (Phi) is 7.37. The molecule has 3 aromatic rings. The number of anilines is 1. The van der Waals surface area contributed by atoms with Gasteiger partial charge in [0.1, 0.15) is 0 Å². The molecule has 2 heterocycles. The Morgan fingerprint density at radius 3 is 2.56 bits per heavy atom. The number of carbonyl (C=O) groups is 2. The molecule has 0 spiro atoms. The molecule has 1 aliphatic rings. The van der Waals surface area contributed by atoms with Crippen LogP contribution >= 0.6 is 0 Å². The molecule has 1 aromatic heterocycles. The predicted octanol–water partition coefficient (Wildman–Crippen LogP) is 4.38. The standard InChI is InChI=1S/C26H30N4O4/c1-4-33-26(32)21-10-7-18(3)22(15-21)27-25(31)20-11-13-30(14-12-20)16-23-28-24(29-34-23)19-8-5-17(2)6-9-19/h5-10,15,20H,4,11-14,16H2,1-3H3,(H,27,31). The van der Waals surface area contributed by atoms with E-state index in [9.17, 15) is 9.59 Å². The van der Waals surface area contributed by atoms with Crippen LogP contribution in [0.1, 0.15) is 47.1 Å². The van der Waals surface area contributed by atoms with Crippen LogP contribution in [0.2, 0.25) is 0 Å². The van der Waals surface area contributed by atoms with E-state index in [0.29, 0.717) is 36.1 Å². The van der Waals surface area contributed by atoms with Crippen molar-refractivity contribution >= 4 is 17.6 Å². The maximum atomic E-state index is 12.9. The van der Waals surface area contributed by atoms with Crippen LogP contribution in [0, 0.1) is 19.8 Å². The summed E-state index contributed by atoms with van der Waals surface area (Å²) in [5, 5.41) is 7.10. The van der Waals surface area contributed by atoms with Gasteiger partial charge in [-0.2, -0.15) is 4.98 Å². The number of aryl methyl sites for hydroxylation is 2. The van der Waals surface area contributed by atoms with E-state index in [0.717, 1.165) is 37.1 Å². The highest BCUT2D eigenvalue weighted by atomic mass is 16.5. The van der Waals surface area contributed by atoms with Crippen LogP contribution in [0.4, 0.5) is 5.69 Å². The Hall–Kier alpha value is -3.52. The largest absolute Gasteiger partial charge is 0.462 e. The second-order valence-electron chi connectivity index (χ2n) is 8.67. The molecule has 8 nitrogen and oxygen atoms in total. The molecule has 1 aliphatic heterocycles. The summed E-state index contributed by atoms with van der Waals surface area (Å²) in [5.41, 5.74) is 4.09. The number of amides is 1. The van der Waals surface area contributed by atoms with Crippen LogP contribution in [0.25, 0.3) is 11.4 Å². The van der Waals surface area contributed by atoms with Crippen LogP contribution in [-0.4, -0.2) is 46.6 Å². The first-order valence-electron chi connectivity index (χ1n) is 11.6. The molecule has 0 bridgehead atoms. The molecule has 0 unspecified atom stereocenters. The molecular formula is C26H30N4O4. The maximum absolute atomic E-state index is 12.9. The Balaban J connectivity index is 1.30. The topological polar surface area (TPSA) is 97.6 Å². The molecule has 1 fully saturated rings. The minimum Gasteiger partial charge on any atom is -0.462 e. The fraction of sp³-hybridized carbons (Fsp3) is 0.385. The van der Waals surface area contributed by atoms with Gasteiger partial charge in [-0.05, 0) is 64.4 Å². The highest BCUT2D eigenvalue weighted by Gasteiger charge is 2.26. The third-order valence-corrected chi connectivity index (χ3v) is 6.10. The van der Waals surface area contributed by atoms with E-state index in [1.807, 2.05) is 44.2 Å². The van der Waals surface area contributed by atoms with E-state index in [2.05, 4.69) is 20.4 Å². The van der Waals surface area contributed by atoms with Gasteiger partial charge in [0.15, 0.2) is 0 Å². The summed E-state index contributed by atoms with van der Waals surface area (Å²) < 4.78 is 10.5. The number of piperidine rings is 1. The number of hydrogen-bond acceptors (Lipinski definition) is 7. The number of rotatable bonds is 7. The first kappa shape index (κ1) is 23.6. The van der Waals surface area contributed by atoms with Crippen LogP contribution < -0.4 is 5.32 Å². The number of nitrogens with one attached hydrogen (secondary N) is 1. The zero-order chi connectivity index (χ0) is 24.1. The molecule has 0 saturated carbocycles. The van der Waals surface area contributed by atoms with Gasteiger partial charge in [-0.15, -0.1) is 0 Å². The van der Waals surface area contributed by atoms with Gasteiger partial charge in [0.25, 0.3) is 0 Å². The van der Waals surface area contributed by atoms with Gasteiger partial charge in [-0.25, -0.2) is 4.79 Å². The zero-order valence-electron chi connectivity index (χ0n) is 19.8. The van der Waals surface area contributed by atoms with E-state index in [4.69, 9.17) is 9.26 Å². The summed E-state index contributed by atoms with van der Waals surface area (Å²) in [7, 11) is 0. The van der Waals surface area contributed by atoms with Gasteiger partial charge in [0.05, 0.1) is 18.7 Å². The first-order chi connectivity index (χ1) is 16.4. The lowest BCUT2D eigenvalue weighted by atomic mass is 9.95. The fourth-order valence-corrected chi connectivity index (χ4v) is 4.02. The zero-order valence-corrected chi connectivity index (χ0v) is 19.8. The van der Waals surface area contributed by atoms with E-state index in [-0.39, 0.29) is 11.8 Å². The smallest absolute Gasteiger partial charge is 0.338 e. The average molecular weight is 463 g/mol. The lowest BCUT2D eigenvalue weighted by Gasteiger charge is -2.30. The summed E-state index contributed by atoms with van der Waals surface area (Å²) >= 11 is 0. The first-order valence-corrected chi connectivity index (χ1v) is 11.6. The molecular weight excluding hydrogens is 432 g/mol. The predicted molar refractivity (Wildman–Crippen MR) is 128 cm³/mol. The van der Waals surface area contributed by atoms with Crippen LogP contribution in [-0.2, 0) is 16.1 Å². The monoisotopic (exact) mass is 462 g/mol. The number of esters is 1. The van der Waals surface area contributed by atoms with E-state index in [1.165, 1.54) is 5.56 Å². The summed E-state index contributed by atoms with van der Waals surface area (Å²) in [5.74, 6) is 0.656. The highest BCUT2D eigenvalue weighted by Crippen LogP contribution is 2.24. The number of likely N-dealkylation sites (tertiary alicyclic amines) is 1. The lowest BCUT2D eigenvalue weighted by molar-refractivity contribution is -0.121. The minimum absolute atomic E-state index is 0.0248. The maximum Gasteiger partial charge on any atom is 0.338 e. The quantitative estimate of drug-likeness (QED) is 0.520. The Bertz CT molecular complexity index is 1150. The number of benzene rings is 2. The Morgan fingerprint density at radius 1 is 1.12 bits per heavy atom. The summed E-state index contributed by atoms with van der Waals surface area (Å²) in [4.78, 5) is 31.7. The molecule has 178 valence electrons. The van der Waals surface area contributed by atoms with E-state index in [1.54, 1.807) is 19.1 Å². The van der Waals surface area contributed by atoms with Gasteiger partial charge in [-0.1, -0.05) is 41.1 Å². The fourth-order valence-electron chi connectivity index (χ4n) is 4.02. The SMILES string of the molecule is CCOC(=O)c1ccc(C)c(NC(=O)C2CCN(Cc3nc(-c4ccc(C)cc4)no3)CC2)c1. The van der Waals surface area contributed by atoms with Crippen molar-refractivity contribution in [2.45, 2.75) is 40.2 Å². The van der Waals surface area contributed by atoms with Crippen molar-refractivity contribution in [3.63, 3.8) is 0 Å². The number of hydrogen-bond donors (Lipinski definition) is 1. The van der Waals surface area contributed by atoms with Crippen molar-refractivity contribution in [1.29, 1.82) is 0 Å². The van der Waals surface area contributed by atoms with E-state index < -0.39 is 5.97 Å². The third-order valence-electron chi connectivity index (χ3n) is 6.10. The summed E-state index contributed by atoms with van der Waals surface area (Å²) in [6.07, 6.45) is 1.48. The third kappa shape index (κ3) is 5.69. The van der Waals surface area contributed by atoms with Crippen molar-refractivity contribution in [3.05, 3.63) is 65.0 Å². The molecule has 1 N–H and O–H groups in total. The summed E-state index contributed by atoms with van der Waals surface area (Å²) in [6.45, 7) is 8.12. The highest BCUT2D eigenvalue weighted by molar-refractivity contribution is 5.96. The number of carbonyl (C=O) groups excluding carboxylic acids is 2. The van der Waals surface area contributed by atoms with Gasteiger partial charge >= 0.3 is 5.97 Å². The van der Waals surface area contributed by atoms with Crippen molar-refractivity contribution in [3.8, 4) is 11.4 Å². The molecule has 4 rings (SSSR count). The molecule has 2 aromatic carbocycles. The second-order valence-corrected chi connectivity index (χ2v) is 8.67. The van der Waals surface area contributed by atoms with Crippen LogP contribution in [0.5, 0.6) is 0 Å². The van der Waals surface area contributed by atoms with Crippen molar-refractivity contribution in [2.24, 2.45) is 5.92 Å². The van der Waals surface area contributed by atoms with Crippen molar-refractivity contribution in [1.82, 2.24) is 15.0 Å². The molecule has 0 aliphatic carbocycles. The minimum atomic E-state index is -0.391. The second kappa shape index (κ2) is 10.6. The molecule has 0 atom stereocenters. The Morgan fingerprint density at radius 2 is 1.85 bits per heavy atom. The number of ether oxygens (including phenoxy) is 1. The molecule has 8 heteroatoms. The summed E-state index contributed by atoms with van der Waals surface area (Å²) in [6, 6.07) is 13.2. The molecule has 34 heavy (non-hydrogen) atoms. The van der Waals surface area contributed by atoms with Gasteiger partial charge in [-0.3, -0.25) is 9.69 Å². The normalized spacial score (nSPS) is 14.7. The molecule has 1 saturated heterocycles. The van der Waals surface area contributed by atoms with Gasteiger partial charge in [0, 0.05) is 17.2 Å². The molecule has 0 radical (unpaired) electrons. The number of nitrogens with zero attached hydrogens (tertiary/aromatic N) is 3. The van der Waals surface area contributed by atoms with Crippen LogP contribution in [0.3, 0.4) is 0 Å². The number of aromatic nitrogens is 2. The van der Waals surface area contributed by atoms with Crippen molar-refractivity contribution in [2.75, 3.05) is 25.0 Å². The Labute approximate surface area is 199 Å². The molecule has 1 amide bonds. The van der Waals surface area contributed by atoms with Crippen molar-refractivity contribution < 1.29 is 18.8 Å². The van der Waals surface area contributed by atoms with Crippen LogP contribution in [0.15, 0.2) is 47.0 Å². The van der Waals surface area contributed by atoms with Gasteiger partial charge < -0.3 is 14.6 Å². The average Bonchev–Trinajstić information content (AvgIpc) is 3.30. The lowest BCUT2D eigenvalue weighted by Crippen LogP contribution is -2.37.